The van der Waals surface area contributed by atoms with Gasteiger partial charge in [-0.2, -0.15) is 0 Å². The Balaban J connectivity index is 2.30. The van der Waals surface area contributed by atoms with E-state index < -0.39 is 16.0 Å². The summed E-state index contributed by atoms with van der Waals surface area (Å²) in [5.41, 5.74) is 1.77. The summed E-state index contributed by atoms with van der Waals surface area (Å²) in [5, 5.41) is 22.1. The summed E-state index contributed by atoms with van der Waals surface area (Å²) in [6.45, 7) is 6.76. The molecule has 0 aliphatic carbocycles. The van der Waals surface area contributed by atoms with Crippen molar-refractivity contribution in [3.05, 3.63) is 66.7 Å². The van der Waals surface area contributed by atoms with Gasteiger partial charge in [0.2, 0.25) is 0 Å². The van der Waals surface area contributed by atoms with Crippen molar-refractivity contribution >= 4 is 17.5 Å². The standard InChI is InChI=1S/C19H20N2O7/c1-5-13-11(3)15(20(23)24)7-9-17(13)27-19(22)28-18-10-8-16(21(25)26)12(4)14(18)6-2/h7-10H,5-6H2,1-4H3. The molecule has 0 fully saturated rings. The summed E-state index contributed by atoms with van der Waals surface area (Å²) < 4.78 is 10.5. The maximum absolute atomic E-state index is 12.3. The van der Waals surface area contributed by atoms with Gasteiger partial charge in [-0.3, -0.25) is 20.2 Å². The molecule has 9 heteroatoms. The zero-order chi connectivity index (χ0) is 21.0. The van der Waals surface area contributed by atoms with Crippen LogP contribution in [0.15, 0.2) is 24.3 Å². The van der Waals surface area contributed by atoms with E-state index in [4.69, 9.17) is 9.47 Å². The fraction of sp³-hybridized carbons (Fsp3) is 0.316. The van der Waals surface area contributed by atoms with Crippen molar-refractivity contribution in [1.82, 2.24) is 0 Å². The van der Waals surface area contributed by atoms with Gasteiger partial charge in [0.1, 0.15) is 11.5 Å². The summed E-state index contributed by atoms with van der Waals surface area (Å²) in [6.07, 6.45) is -0.175. The Morgan fingerprint density at radius 1 is 0.821 bits per heavy atom. The Bertz CT molecular complexity index is 878. The van der Waals surface area contributed by atoms with Crippen molar-refractivity contribution in [3.63, 3.8) is 0 Å². The van der Waals surface area contributed by atoms with Crippen LogP contribution in [0.4, 0.5) is 16.2 Å². The van der Waals surface area contributed by atoms with Crippen LogP contribution in [-0.4, -0.2) is 16.0 Å². The van der Waals surface area contributed by atoms with Crippen LogP contribution in [0.2, 0.25) is 0 Å². The van der Waals surface area contributed by atoms with Crippen LogP contribution < -0.4 is 9.47 Å². The fourth-order valence-corrected chi connectivity index (χ4v) is 3.11. The summed E-state index contributed by atoms with van der Waals surface area (Å²) in [4.78, 5) is 33.4. The van der Waals surface area contributed by atoms with Gasteiger partial charge in [0, 0.05) is 34.4 Å². The van der Waals surface area contributed by atoms with Crippen LogP contribution in [0.3, 0.4) is 0 Å². The van der Waals surface area contributed by atoms with Crippen LogP contribution in [0.25, 0.3) is 0 Å². The topological polar surface area (TPSA) is 122 Å². The monoisotopic (exact) mass is 388 g/mol. The molecule has 9 nitrogen and oxygen atoms in total. The average molecular weight is 388 g/mol. The number of nitro benzene ring substituents is 2. The molecule has 0 heterocycles. The average Bonchev–Trinajstić information content (AvgIpc) is 2.61. The van der Waals surface area contributed by atoms with Crippen molar-refractivity contribution < 1.29 is 24.1 Å². The van der Waals surface area contributed by atoms with Gasteiger partial charge in [-0.05, 0) is 38.8 Å². The molecule has 2 rings (SSSR count). The number of nitro groups is 2. The largest absolute Gasteiger partial charge is 0.519 e. The Labute approximate surface area is 161 Å². The lowest BCUT2D eigenvalue weighted by Gasteiger charge is -2.14. The number of carbonyl (C=O) groups excluding carboxylic acids is 1. The second-order valence-electron chi connectivity index (χ2n) is 6.05. The molecule has 0 spiro atoms. The highest BCUT2D eigenvalue weighted by atomic mass is 16.7. The summed E-state index contributed by atoms with van der Waals surface area (Å²) in [5.74, 6) is 0.347. The number of ether oxygens (including phenoxy) is 2. The second-order valence-corrected chi connectivity index (χ2v) is 6.05. The molecule has 2 aromatic rings. The molecule has 2 aromatic carbocycles. The van der Waals surface area contributed by atoms with Gasteiger partial charge in [0.25, 0.3) is 11.4 Å². The van der Waals surface area contributed by atoms with E-state index in [0.29, 0.717) is 35.1 Å². The number of hydrogen-bond acceptors (Lipinski definition) is 7. The lowest BCUT2D eigenvalue weighted by Crippen LogP contribution is -2.16. The summed E-state index contributed by atoms with van der Waals surface area (Å²) in [7, 11) is 0. The molecule has 0 bridgehead atoms. The zero-order valence-corrected chi connectivity index (χ0v) is 16.0. The van der Waals surface area contributed by atoms with Gasteiger partial charge in [-0.25, -0.2) is 4.79 Å². The summed E-state index contributed by atoms with van der Waals surface area (Å²) in [6, 6.07) is 5.25. The third-order valence-electron chi connectivity index (χ3n) is 4.54. The predicted molar refractivity (Wildman–Crippen MR) is 101 cm³/mol. The predicted octanol–water partition coefficient (Wildman–Crippen LogP) is 4.82. The maximum atomic E-state index is 12.3. The first-order chi connectivity index (χ1) is 13.2. The van der Waals surface area contributed by atoms with Crippen LogP contribution >= 0.6 is 0 Å². The van der Waals surface area contributed by atoms with Gasteiger partial charge in [0.15, 0.2) is 0 Å². The van der Waals surface area contributed by atoms with E-state index in [1.54, 1.807) is 27.7 Å². The Kier molecular flexibility index (Phi) is 6.29. The van der Waals surface area contributed by atoms with Crippen LogP contribution in [0, 0.1) is 34.1 Å². The van der Waals surface area contributed by atoms with E-state index in [0.717, 1.165) is 0 Å². The first-order valence-corrected chi connectivity index (χ1v) is 8.64. The number of nitrogens with zero attached hydrogens (tertiary/aromatic N) is 2. The van der Waals surface area contributed by atoms with E-state index in [1.165, 1.54) is 24.3 Å². The van der Waals surface area contributed by atoms with E-state index in [1.807, 2.05) is 0 Å². The van der Waals surface area contributed by atoms with Gasteiger partial charge in [0.05, 0.1) is 9.85 Å². The molecule has 0 unspecified atom stereocenters. The zero-order valence-electron chi connectivity index (χ0n) is 16.0. The molecule has 0 aromatic heterocycles. The Morgan fingerprint density at radius 2 is 1.18 bits per heavy atom. The highest BCUT2D eigenvalue weighted by Gasteiger charge is 2.22. The first-order valence-electron chi connectivity index (χ1n) is 8.64. The number of carbonyl (C=O) groups is 1. The Morgan fingerprint density at radius 3 is 1.46 bits per heavy atom. The molecule has 0 saturated heterocycles. The lowest BCUT2D eigenvalue weighted by atomic mass is 10.0. The van der Waals surface area contributed by atoms with Gasteiger partial charge >= 0.3 is 6.16 Å². The molecule has 28 heavy (non-hydrogen) atoms. The first kappa shape index (κ1) is 20.8. The SMILES string of the molecule is CCc1c(OC(=O)Oc2ccc([N+](=O)[O-])c(C)c2CC)ccc([N+](=O)[O-])c1C. The highest BCUT2D eigenvalue weighted by molar-refractivity contribution is 5.70. The van der Waals surface area contributed by atoms with E-state index in [-0.39, 0.29) is 22.9 Å². The fourth-order valence-electron chi connectivity index (χ4n) is 3.11. The molecule has 0 atom stereocenters. The van der Waals surface area contributed by atoms with E-state index in [9.17, 15) is 25.0 Å². The van der Waals surface area contributed by atoms with Gasteiger partial charge < -0.3 is 9.47 Å². The van der Waals surface area contributed by atoms with Crippen molar-refractivity contribution in [2.45, 2.75) is 40.5 Å². The van der Waals surface area contributed by atoms with Crippen molar-refractivity contribution in [2.75, 3.05) is 0 Å². The third-order valence-corrected chi connectivity index (χ3v) is 4.54. The lowest BCUT2D eigenvalue weighted by molar-refractivity contribution is -0.385. The van der Waals surface area contributed by atoms with Crippen molar-refractivity contribution in [2.24, 2.45) is 0 Å². The quantitative estimate of drug-likeness (QED) is 0.301. The number of hydrogen-bond donors (Lipinski definition) is 0. The molecular weight excluding hydrogens is 368 g/mol. The van der Waals surface area contributed by atoms with Crippen LogP contribution in [-0.2, 0) is 12.8 Å². The smallest absolute Gasteiger partial charge is 0.394 e. The van der Waals surface area contributed by atoms with Gasteiger partial charge in [-0.15, -0.1) is 0 Å². The van der Waals surface area contributed by atoms with Crippen LogP contribution in [0.5, 0.6) is 11.5 Å². The number of benzene rings is 2. The molecule has 0 saturated carbocycles. The Hall–Kier alpha value is -3.49. The van der Waals surface area contributed by atoms with Crippen molar-refractivity contribution in [3.8, 4) is 11.5 Å². The van der Waals surface area contributed by atoms with E-state index in [2.05, 4.69) is 0 Å². The number of rotatable bonds is 6. The molecule has 0 aliphatic rings. The van der Waals surface area contributed by atoms with Crippen LogP contribution in [0.1, 0.15) is 36.1 Å². The second kappa shape index (κ2) is 8.47. The molecule has 0 N–H and O–H groups in total. The third kappa shape index (κ3) is 4.08. The maximum Gasteiger partial charge on any atom is 0.519 e. The highest BCUT2D eigenvalue weighted by Crippen LogP contribution is 2.32. The molecule has 0 amide bonds. The molecule has 0 aliphatic heterocycles. The minimum absolute atomic E-state index is 0.0585. The van der Waals surface area contributed by atoms with Gasteiger partial charge in [-0.1, -0.05) is 13.8 Å². The van der Waals surface area contributed by atoms with Crippen molar-refractivity contribution in [1.29, 1.82) is 0 Å². The molecule has 0 radical (unpaired) electrons. The minimum Gasteiger partial charge on any atom is -0.394 e. The molecular formula is C19H20N2O7. The minimum atomic E-state index is -1.02. The summed E-state index contributed by atoms with van der Waals surface area (Å²) >= 11 is 0. The van der Waals surface area contributed by atoms with E-state index >= 15 is 0 Å². The molecule has 148 valence electrons. The normalized spacial score (nSPS) is 10.4.